The molecule has 86 heavy (non-hydrogen) atoms. The number of halogens is 1. The van der Waals surface area contributed by atoms with Gasteiger partial charge in [-0.1, -0.05) is 38.0 Å². The first kappa shape index (κ1) is 74.5. The number of amides is 9. The van der Waals surface area contributed by atoms with E-state index < -0.39 is 194 Å². The molecule has 33 heteroatoms. The van der Waals surface area contributed by atoms with Gasteiger partial charge in [-0.05, 0) is 103 Å². The average Bonchev–Trinajstić information content (AvgIpc) is 2.64. The number of esters is 1. The van der Waals surface area contributed by atoms with Crippen molar-refractivity contribution in [1.29, 1.82) is 0 Å². The van der Waals surface area contributed by atoms with Crippen LogP contribution in [-0.4, -0.2) is 213 Å². The number of alkyl halides is 1. The summed E-state index contributed by atoms with van der Waals surface area (Å²) in [6, 6.07) is -9.06. The van der Waals surface area contributed by atoms with Crippen LogP contribution in [0.15, 0.2) is 36.0 Å². The molecular weight excluding hydrogens is 1160 g/mol. The fourth-order valence-electron chi connectivity index (χ4n) is 8.20. The molecule has 1 aromatic rings. The lowest BCUT2D eigenvalue weighted by atomic mass is 10.0. The number of nitrogens with one attached hydrogen (secondary N) is 9. The molecule has 1 aromatic carbocycles. The van der Waals surface area contributed by atoms with E-state index in [1.165, 1.54) is 6.92 Å². The van der Waals surface area contributed by atoms with Gasteiger partial charge in [-0.15, -0.1) is 11.6 Å². The van der Waals surface area contributed by atoms with Gasteiger partial charge in [0.1, 0.15) is 60.3 Å². The van der Waals surface area contributed by atoms with Crippen molar-refractivity contribution in [1.82, 2.24) is 47.9 Å². The molecule has 1 aliphatic heterocycles. The summed E-state index contributed by atoms with van der Waals surface area (Å²) in [5.41, 5.74) is 17.2. The highest BCUT2D eigenvalue weighted by molar-refractivity contribution is 6.18. The molecule has 1 aliphatic rings. The van der Waals surface area contributed by atoms with Crippen LogP contribution in [0.3, 0.4) is 0 Å². The number of aliphatic carboxylic acids is 2. The van der Waals surface area contributed by atoms with Gasteiger partial charge in [-0.2, -0.15) is 0 Å². The molecular formula is C53H83ClN12O20. The first-order valence-corrected chi connectivity index (χ1v) is 28.4. The number of hydrogen-bond acceptors (Lipinski definition) is 21. The SMILES string of the molecule is C/C=C1/NC(=O)C([C@H](C)O)NC(=O)[C@H](CCN)NC(=O)C([C@H](O)C(=O)O)NC(=O)C(CCCCN)NC(=O)[C@H](CC(=O)O)NC(=O)C(CCN)NC(=O)C(NC(=O)C[C@H](O)CCc2cccc(OCCCCC)c2)COC(=O)C([C@H](O)CCl)NC1=O. The van der Waals surface area contributed by atoms with Crippen LogP contribution in [0.5, 0.6) is 5.75 Å². The highest BCUT2D eigenvalue weighted by Crippen LogP contribution is 2.17. The van der Waals surface area contributed by atoms with Crippen molar-refractivity contribution in [3.05, 3.63) is 41.6 Å². The number of carboxylic acid groups (broad SMARTS) is 2. The van der Waals surface area contributed by atoms with E-state index >= 15 is 0 Å². The van der Waals surface area contributed by atoms with Crippen LogP contribution in [0.2, 0.25) is 0 Å². The van der Waals surface area contributed by atoms with Crippen LogP contribution in [0, 0.1) is 0 Å². The molecule has 1 heterocycles. The summed E-state index contributed by atoms with van der Waals surface area (Å²) >= 11 is 5.90. The Bertz CT molecular complexity index is 2510. The fraction of sp³-hybridized carbons (Fsp3) is 0.623. The summed E-state index contributed by atoms with van der Waals surface area (Å²) in [5.74, 6) is -17.3. The summed E-state index contributed by atoms with van der Waals surface area (Å²) in [7, 11) is 0. The van der Waals surface area contributed by atoms with E-state index in [1.54, 1.807) is 24.3 Å². The third-order valence-corrected chi connectivity index (χ3v) is 13.3. The van der Waals surface area contributed by atoms with Crippen molar-refractivity contribution < 1.29 is 97.6 Å². The van der Waals surface area contributed by atoms with Gasteiger partial charge in [0, 0.05) is 0 Å². The number of cyclic esters (lactones) is 1. The van der Waals surface area contributed by atoms with Gasteiger partial charge in [0.15, 0.2) is 12.1 Å². The highest BCUT2D eigenvalue weighted by Gasteiger charge is 2.40. The third-order valence-electron chi connectivity index (χ3n) is 13.0. The Morgan fingerprint density at radius 1 is 0.721 bits per heavy atom. The summed E-state index contributed by atoms with van der Waals surface area (Å²) in [6.45, 7) is 2.92. The van der Waals surface area contributed by atoms with Crippen molar-refractivity contribution in [2.24, 2.45) is 17.2 Å². The van der Waals surface area contributed by atoms with Crippen LogP contribution in [0.25, 0.3) is 0 Å². The lowest BCUT2D eigenvalue weighted by molar-refractivity contribution is -0.153. The number of aryl methyl sites for hydroxylation is 1. The minimum atomic E-state index is -2.78. The van der Waals surface area contributed by atoms with Crippen molar-refractivity contribution in [3.8, 4) is 5.75 Å². The smallest absolute Gasteiger partial charge is 0.335 e. The molecule has 0 radical (unpaired) electrons. The lowest BCUT2D eigenvalue weighted by Crippen LogP contribution is -2.63. The zero-order valence-electron chi connectivity index (χ0n) is 48.1. The molecule has 1 saturated heterocycles. The fourth-order valence-corrected chi connectivity index (χ4v) is 8.38. The molecule has 21 N–H and O–H groups in total. The molecule has 0 saturated carbocycles. The van der Waals surface area contributed by atoms with Gasteiger partial charge >= 0.3 is 17.9 Å². The monoisotopic (exact) mass is 1240 g/mol. The Hall–Kier alpha value is -7.59. The number of nitrogens with two attached hydrogens (primary N) is 3. The van der Waals surface area contributed by atoms with Gasteiger partial charge < -0.3 is 105 Å². The van der Waals surface area contributed by atoms with E-state index in [9.17, 15) is 88.2 Å². The zero-order chi connectivity index (χ0) is 64.6. The van der Waals surface area contributed by atoms with Crippen molar-refractivity contribution in [2.75, 3.05) is 38.7 Å². The van der Waals surface area contributed by atoms with E-state index in [2.05, 4.69) is 49.5 Å². The van der Waals surface area contributed by atoms with Crippen LogP contribution in [0.4, 0.5) is 0 Å². The Balaban J connectivity index is 2.77. The van der Waals surface area contributed by atoms with Crippen LogP contribution in [-0.2, 0) is 68.7 Å². The first-order valence-electron chi connectivity index (χ1n) is 27.9. The van der Waals surface area contributed by atoms with Gasteiger partial charge in [-0.3, -0.25) is 47.9 Å². The van der Waals surface area contributed by atoms with Gasteiger partial charge in [0.2, 0.25) is 47.3 Å². The van der Waals surface area contributed by atoms with Crippen LogP contribution >= 0.6 is 11.6 Å². The standard InChI is InChI=1S/C53H83ClN12O20/c1-4-6-9-21-85-30-12-10-11-28(22-30)14-15-29(68)23-38(70)58-36-26-86-53(84)41(37(69)25-54)65-44(74)31(5-2)59-50(80)40(27(3)67)64-47(77)34(17-20-57)62-51(81)42(43(73)52(82)83)66-46(76)32(13-7-8-18-55)60-48(78)35(24-39(71)72)63-45(75)33(16-19-56)61-49(36)79/h5,10-12,22,27,29,32-37,40-43,67-69,73H,4,6-9,13-21,23-26,55-57H2,1-3H3,(H,58,70)(H,59,80)(H,60,78)(H,61,79)(H,62,81)(H,63,75)(H,64,77)(H,65,74)(H,66,76)(H,71,72)(H,82,83)/b31-5+/t27-,29+,32?,33?,34-,35-,36?,37+,40?,41?,42?,43-/m0/s1. The van der Waals surface area contributed by atoms with Gasteiger partial charge in [0.25, 0.3) is 5.91 Å². The van der Waals surface area contributed by atoms with E-state index in [-0.39, 0.29) is 45.2 Å². The second-order valence-corrected chi connectivity index (χ2v) is 20.3. The molecule has 482 valence electrons. The zero-order valence-corrected chi connectivity index (χ0v) is 48.8. The van der Waals surface area contributed by atoms with E-state index in [1.807, 2.05) is 5.32 Å². The first-order chi connectivity index (χ1) is 40.7. The Morgan fingerprint density at radius 3 is 1.87 bits per heavy atom. The molecule has 2 rings (SSSR count). The number of carbonyl (C=O) groups is 12. The molecule has 32 nitrogen and oxygen atoms in total. The second kappa shape index (κ2) is 39.2. The van der Waals surface area contributed by atoms with Crippen LogP contribution in [0.1, 0.15) is 97.0 Å². The number of allylic oxidation sites excluding steroid dienone is 1. The topological polar surface area (TPSA) is 531 Å². The maximum absolute atomic E-state index is 14.2. The molecule has 6 unspecified atom stereocenters. The van der Waals surface area contributed by atoms with Crippen molar-refractivity contribution in [2.45, 2.75) is 171 Å². The average molecular weight is 1240 g/mol. The minimum Gasteiger partial charge on any atom is -0.494 e. The lowest BCUT2D eigenvalue weighted by Gasteiger charge is -2.29. The number of benzene rings is 1. The molecule has 1 fully saturated rings. The number of carboxylic acids is 2. The molecule has 9 amide bonds. The third kappa shape index (κ3) is 25.9. The Morgan fingerprint density at radius 2 is 1.30 bits per heavy atom. The van der Waals surface area contributed by atoms with E-state index in [0.29, 0.717) is 12.4 Å². The molecule has 0 bridgehead atoms. The predicted octanol–water partition coefficient (Wildman–Crippen LogP) is -5.88. The number of unbranched alkanes of at least 4 members (excludes halogenated alkanes) is 3. The maximum atomic E-state index is 14.2. The number of hydrogen-bond donors (Lipinski definition) is 18. The molecule has 0 aromatic heterocycles. The van der Waals surface area contributed by atoms with Gasteiger partial charge in [0.05, 0.1) is 43.6 Å². The number of aliphatic hydroxyl groups is 4. The quantitative estimate of drug-likeness (QED) is 0.0178. The number of aliphatic hydroxyl groups excluding tert-OH is 4. The number of carbonyl (C=O) groups excluding carboxylic acids is 10. The largest absolute Gasteiger partial charge is 0.494 e. The summed E-state index contributed by atoms with van der Waals surface area (Å²) in [4.78, 5) is 163. The molecule has 12 atom stereocenters. The van der Waals surface area contributed by atoms with Crippen molar-refractivity contribution in [3.63, 3.8) is 0 Å². The normalized spacial score (nSPS) is 24.0. The molecule has 0 spiro atoms. The summed E-state index contributed by atoms with van der Waals surface area (Å²) in [5, 5.41) is 82.4. The maximum Gasteiger partial charge on any atom is 0.335 e. The number of ether oxygens (including phenoxy) is 2. The minimum absolute atomic E-state index is 0.0168. The van der Waals surface area contributed by atoms with Crippen LogP contribution < -0.4 is 69.8 Å². The number of rotatable bonds is 26. The predicted molar refractivity (Wildman–Crippen MR) is 303 cm³/mol. The summed E-state index contributed by atoms with van der Waals surface area (Å²) < 4.78 is 11.2. The van der Waals surface area contributed by atoms with E-state index in [4.69, 9.17) is 38.3 Å². The Kier molecular flexibility index (Phi) is 33.9. The second-order valence-electron chi connectivity index (χ2n) is 20.0. The van der Waals surface area contributed by atoms with Gasteiger partial charge in [-0.25, -0.2) is 9.59 Å². The summed E-state index contributed by atoms with van der Waals surface area (Å²) in [6.07, 6.45) is -6.73. The molecule has 0 aliphatic carbocycles. The highest BCUT2D eigenvalue weighted by atomic mass is 35.5. The van der Waals surface area contributed by atoms with E-state index in [0.717, 1.165) is 37.8 Å². The van der Waals surface area contributed by atoms with Crippen molar-refractivity contribution >= 4 is 82.7 Å². The Labute approximate surface area is 500 Å².